The standard InChI is InChI=1S/C10H21N3O2/c1-15-7-4-12-10(14)8-13-5-2-9(11)3-6-13/h9H,2-8,11H2,1H3,(H,12,14). The minimum Gasteiger partial charge on any atom is -0.383 e. The van der Waals surface area contributed by atoms with Crippen LogP contribution in [0, 0.1) is 0 Å². The average molecular weight is 215 g/mol. The van der Waals surface area contributed by atoms with Crippen molar-refractivity contribution in [3.63, 3.8) is 0 Å². The van der Waals surface area contributed by atoms with Crippen LogP contribution in [0.25, 0.3) is 0 Å². The van der Waals surface area contributed by atoms with Gasteiger partial charge in [-0.1, -0.05) is 0 Å². The number of hydrogen-bond acceptors (Lipinski definition) is 4. The Morgan fingerprint density at radius 2 is 2.20 bits per heavy atom. The van der Waals surface area contributed by atoms with Crippen LogP contribution in [0.2, 0.25) is 0 Å². The fourth-order valence-corrected chi connectivity index (χ4v) is 1.66. The van der Waals surface area contributed by atoms with Gasteiger partial charge in [0.2, 0.25) is 5.91 Å². The van der Waals surface area contributed by atoms with E-state index in [-0.39, 0.29) is 5.91 Å². The lowest BCUT2D eigenvalue weighted by Gasteiger charge is -2.29. The third kappa shape index (κ3) is 5.11. The zero-order valence-corrected chi connectivity index (χ0v) is 9.37. The molecule has 5 nitrogen and oxygen atoms in total. The molecule has 1 fully saturated rings. The number of hydrogen-bond donors (Lipinski definition) is 2. The van der Waals surface area contributed by atoms with Crippen LogP contribution in [0.5, 0.6) is 0 Å². The highest BCUT2D eigenvalue weighted by Gasteiger charge is 2.17. The summed E-state index contributed by atoms with van der Waals surface area (Å²) in [6.45, 7) is 3.49. The van der Waals surface area contributed by atoms with Crippen molar-refractivity contribution in [3.8, 4) is 0 Å². The summed E-state index contributed by atoms with van der Waals surface area (Å²) in [6.07, 6.45) is 1.98. The van der Waals surface area contributed by atoms with Crippen LogP contribution < -0.4 is 11.1 Å². The molecule has 3 N–H and O–H groups in total. The minimum absolute atomic E-state index is 0.0718. The SMILES string of the molecule is COCCNC(=O)CN1CCC(N)CC1. The van der Waals surface area contributed by atoms with E-state index in [9.17, 15) is 4.79 Å². The lowest BCUT2D eigenvalue weighted by molar-refractivity contribution is -0.122. The summed E-state index contributed by atoms with van der Waals surface area (Å²) in [7, 11) is 1.62. The Morgan fingerprint density at radius 1 is 1.53 bits per heavy atom. The van der Waals surface area contributed by atoms with E-state index in [1.54, 1.807) is 7.11 Å². The number of rotatable bonds is 5. The van der Waals surface area contributed by atoms with E-state index >= 15 is 0 Å². The predicted octanol–water partition coefficient (Wildman–Crippen LogP) is -0.828. The largest absolute Gasteiger partial charge is 0.383 e. The van der Waals surface area contributed by atoms with Gasteiger partial charge in [0.1, 0.15) is 0 Å². The van der Waals surface area contributed by atoms with E-state index in [1.807, 2.05) is 0 Å². The van der Waals surface area contributed by atoms with Crippen molar-refractivity contribution in [1.29, 1.82) is 0 Å². The van der Waals surface area contributed by atoms with Gasteiger partial charge in [-0.2, -0.15) is 0 Å². The Kier molecular flexibility index (Phi) is 5.60. The number of piperidine rings is 1. The number of methoxy groups -OCH3 is 1. The molecule has 1 amide bonds. The third-order valence-corrected chi connectivity index (χ3v) is 2.63. The highest BCUT2D eigenvalue weighted by molar-refractivity contribution is 5.77. The Hall–Kier alpha value is -0.650. The van der Waals surface area contributed by atoms with Gasteiger partial charge in [-0.05, 0) is 12.8 Å². The van der Waals surface area contributed by atoms with E-state index in [2.05, 4.69) is 10.2 Å². The van der Waals surface area contributed by atoms with Crippen LogP contribution in [-0.4, -0.2) is 56.7 Å². The zero-order chi connectivity index (χ0) is 11.1. The van der Waals surface area contributed by atoms with Crippen molar-refractivity contribution in [2.24, 2.45) is 5.73 Å². The predicted molar refractivity (Wildman–Crippen MR) is 58.5 cm³/mol. The number of carbonyl (C=O) groups excluding carboxylic acids is 1. The zero-order valence-electron chi connectivity index (χ0n) is 9.37. The van der Waals surface area contributed by atoms with Gasteiger partial charge >= 0.3 is 0 Å². The van der Waals surface area contributed by atoms with Crippen LogP contribution in [0.3, 0.4) is 0 Å². The molecule has 1 aliphatic rings. The fraction of sp³-hybridized carbons (Fsp3) is 0.900. The van der Waals surface area contributed by atoms with Gasteiger partial charge in [0.25, 0.3) is 0 Å². The summed E-state index contributed by atoms with van der Waals surface area (Å²) in [6, 6.07) is 0.317. The lowest BCUT2D eigenvalue weighted by atomic mass is 10.1. The quantitative estimate of drug-likeness (QED) is 0.588. The number of nitrogens with two attached hydrogens (primary N) is 1. The average Bonchev–Trinajstić information content (AvgIpc) is 2.22. The second-order valence-electron chi connectivity index (χ2n) is 3.96. The van der Waals surface area contributed by atoms with Crippen molar-refractivity contribution in [2.75, 3.05) is 39.9 Å². The first-order valence-electron chi connectivity index (χ1n) is 5.46. The molecule has 0 radical (unpaired) electrons. The number of carbonyl (C=O) groups is 1. The lowest BCUT2D eigenvalue weighted by Crippen LogP contribution is -2.44. The monoisotopic (exact) mass is 215 g/mol. The van der Waals surface area contributed by atoms with Gasteiger partial charge in [-0.15, -0.1) is 0 Å². The van der Waals surface area contributed by atoms with Crippen molar-refractivity contribution < 1.29 is 9.53 Å². The van der Waals surface area contributed by atoms with E-state index in [1.165, 1.54) is 0 Å². The number of likely N-dealkylation sites (tertiary alicyclic amines) is 1. The molecule has 0 bridgehead atoms. The van der Waals surface area contributed by atoms with Crippen molar-refractivity contribution >= 4 is 5.91 Å². The molecule has 0 atom stereocenters. The summed E-state index contributed by atoms with van der Waals surface area (Å²) >= 11 is 0. The molecule has 88 valence electrons. The molecule has 15 heavy (non-hydrogen) atoms. The van der Waals surface area contributed by atoms with Gasteiger partial charge in [-0.3, -0.25) is 9.69 Å². The van der Waals surface area contributed by atoms with E-state index in [0.717, 1.165) is 25.9 Å². The smallest absolute Gasteiger partial charge is 0.234 e. The Labute approximate surface area is 90.9 Å². The van der Waals surface area contributed by atoms with Crippen molar-refractivity contribution in [2.45, 2.75) is 18.9 Å². The minimum atomic E-state index is 0.0718. The molecule has 0 spiro atoms. The van der Waals surface area contributed by atoms with Crippen LogP contribution in [0.15, 0.2) is 0 Å². The number of nitrogens with one attached hydrogen (secondary N) is 1. The van der Waals surface area contributed by atoms with Gasteiger partial charge < -0.3 is 15.8 Å². The number of amides is 1. The molecule has 1 heterocycles. The van der Waals surface area contributed by atoms with E-state index in [0.29, 0.717) is 25.7 Å². The fourth-order valence-electron chi connectivity index (χ4n) is 1.66. The van der Waals surface area contributed by atoms with Crippen LogP contribution >= 0.6 is 0 Å². The van der Waals surface area contributed by atoms with Gasteiger partial charge in [0.15, 0.2) is 0 Å². The molecule has 0 aromatic heterocycles. The normalized spacial score (nSPS) is 19.1. The van der Waals surface area contributed by atoms with E-state index in [4.69, 9.17) is 10.5 Å². The maximum atomic E-state index is 11.4. The third-order valence-electron chi connectivity index (χ3n) is 2.63. The summed E-state index contributed by atoms with van der Waals surface area (Å²) in [5.41, 5.74) is 5.78. The first-order chi connectivity index (χ1) is 7.22. The molecule has 1 rings (SSSR count). The highest BCUT2D eigenvalue weighted by Crippen LogP contribution is 2.06. The van der Waals surface area contributed by atoms with Gasteiger partial charge in [0, 0.05) is 32.8 Å². The highest BCUT2D eigenvalue weighted by atomic mass is 16.5. The molecular formula is C10H21N3O2. The first kappa shape index (κ1) is 12.4. The molecule has 0 saturated carbocycles. The first-order valence-corrected chi connectivity index (χ1v) is 5.46. The second-order valence-corrected chi connectivity index (χ2v) is 3.96. The summed E-state index contributed by atoms with van der Waals surface area (Å²) < 4.78 is 4.85. The molecule has 1 saturated heterocycles. The summed E-state index contributed by atoms with van der Waals surface area (Å²) in [5.74, 6) is 0.0718. The van der Waals surface area contributed by atoms with Crippen molar-refractivity contribution in [3.05, 3.63) is 0 Å². The molecule has 0 aliphatic carbocycles. The van der Waals surface area contributed by atoms with Gasteiger partial charge in [-0.25, -0.2) is 0 Å². The Bertz CT molecular complexity index is 191. The maximum Gasteiger partial charge on any atom is 0.234 e. The second kappa shape index (κ2) is 6.76. The van der Waals surface area contributed by atoms with Crippen LogP contribution in [0.1, 0.15) is 12.8 Å². The molecule has 1 aliphatic heterocycles. The summed E-state index contributed by atoms with van der Waals surface area (Å²) in [4.78, 5) is 13.6. The maximum absolute atomic E-state index is 11.4. The molecule has 0 aromatic rings. The van der Waals surface area contributed by atoms with Crippen molar-refractivity contribution in [1.82, 2.24) is 10.2 Å². The molecule has 0 aromatic carbocycles. The van der Waals surface area contributed by atoms with Crippen LogP contribution in [-0.2, 0) is 9.53 Å². The summed E-state index contributed by atoms with van der Waals surface area (Å²) in [5, 5.41) is 2.81. The Balaban J connectivity index is 2.09. The molecular weight excluding hydrogens is 194 g/mol. The van der Waals surface area contributed by atoms with E-state index < -0.39 is 0 Å². The Morgan fingerprint density at radius 3 is 2.80 bits per heavy atom. The number of ether oxygens (including phenoxy) is 1. The number of nitrogens with zero attached hydrogens (tertiary/aromatic N) is 1. The molecule has 0 unspecified atom stereocenters. The van der Waals surface area contributed by atoms with Gasteiger partial charge in [0.05, 0.1) is 13.2 Å². The van der Waals surface area contributed by atoms with Crippen LogP contribution in [0.4, 0.5) is 0 Å². The topological polar surface area (TPSA) is 67.6 Å². The molecule has 5 heteroatoms.